The molecule has 0 radical (unpaired) electrons. The monoisotopic (exact) mass is 242 g/mol. The van der Waals surface area contributed by atoms with Crippen molar-refractivity contribution in [3.63, 3.8) is 0 Å². The molecule has 1 aromatic heterocycles. The van der Waals surface area contributed by atoms with Crippen LogP contribution < -0.4 is 0 Å². The first kappa shape index (κ1) is 10.8. The summed E-state index contributed by atoms with van der Waals surface area (Å²) >= 11 is 0. The van der Waals surface area contributed by atoms with Crippen LogP contribution in [0, 0.1) is 5.82 Å². The smallest absolute Gasteiger partial charge is 0.151 e. The van der Waals surface area contributed by atoms with Crippen LogP contribution in [0.25, 0.3) is 11.0 Å². The highest BCUT2D eigenvalue weighted by atomic mass is 19.1. The van der Waals surface area contributed by atoms with Crippen LogP contribution in [-0.4, -0.2) is 15.1 Å². The Bertz CT molecular complexity index is 706. The molecule has 0 spiro atoms. The molecule has 0 aliphatic carbocycles. The number of aromatic hydroxyl groups is 1. The Hall–Kier alpha value is -2.36. The Morgan fingerprint density at radius 2 is 1.94 bits per heavy atom. The lowest BCUT2D eigenvalue weighted by molar-refractivity contribution is 0.469. The standard InChI is InChI=1S/C14H11FN2O/c15-10-5-3-6-11-14(10)17-13(16-11)8-9-4-1-2-7-12(9)18/h1-7,18H,8H2,(H,16,17). The number of rotatable bonds is 2. The third kappa shape index (κ3) is 1.82. The minimum atomic E-state index is -0.340. The van der Waals surface area contributed by atoms with Crippen LogP contribution in [0.2, 0.25) is 0 Å². The van der Waals surface area contributed by atoms with Gasteiger partial charge in [-0.2, -0.15) is 0 Å². The number of hydrogen-bond donors (Lipinski definition) is 2. The predicted molar refractivity (Wildman–Crippen MR) is 67.0 cm³/mol. The van der Waals surface area contributed by atoms with Crippen LogP contribution in [0.3, 0.4) is 0 Å². The number of para-hydroxylation sites is 2. The van der Waals surface area contributed by atoms with E-state index in [2.05, 4.69) is 9.97 Å². The fourth-order valence-corrected chi connectivity index (χ4v) is 1.97. The van der Waals surface area contributed by atoms with Gasteiger partial charge >= 0.3 is 0 Å². The number of aromatic amines is 1. The molecule has 0 saturated heterocycles. The van der Waals surface area contributed by atoms with Gasteiger partial charge in [0.1, 0.15) is 17.1 Å². The summed E-state index contributed by atoms with van der Waals surface area (Å²) in [6.07, 6.45) is 0.445. The Morgan fingerprint density at radius 3 is 2.72 bits per heavy atom. The van der Waals surface area contributed by atoms with Gasteiger partial charge in [-0.25, -0.2) is 9.37 Å². The zero-order valence-electron chi connectivity index (χ0n) is 9.52. The summed E-state index contributed by atoms with van der Waals surface area (Å²) < 4.78 is 13.5. The molecule has 0 unspecified atom stereocenters. The van der Waals surface area contributed by atoms with Gasteiger partial charge in [-0.3, -0.25) is 0 Å². The zero-order valence-corrected chi connectivity index (χ0v) is 9.52. The Labute approximate surface area is 103 Å². The van der Waals surface area contributed by atoms with Crippen LogP contribution >= 0.6 is 0 Å². The summed E-state index contributed by atoms with van der Waals surface area (Å²) in [7, 11) is 0. The number of benzene rings is 2. The third-order valence-corrected chi connectivity index (χ3v) is 2.86. The maximum atomic E-state index is 13.5. The summed E-state index contributed by atoms with van der Waals surface area (Å²) in [6.45, 7) is 0. The van der Waals surface area contributed by atoms with Crippen molar-refractivity contribution >= 4 is 11.0 Å². The number of phenols is 1. The van der Waals surface area contributed by atoms with Crippen molar-refractivity contribution < 1.29 is 9.50 Å². The van der Waals surface area contributed by atoms with Gasteiger partial charge in [0.05, 0.1) is 5.52 Å². The maximum absolute atomic E-state index is 13.5. The van der Waals surface area contributed by atoms with Crippen molar-refractivity contribution in [2.75, 3.05) is 0 Å². The maximum Gasteiger partial charge on any atom is 0.151 e. The number of nitrogens with one attached hydrogen (secondary N) is 1. The second-order valence-electron chi connectivity index (χ2n) is 4.12. The Balaban J connectivity index is 2.01. The topological polar surface area (TPSA) is 48.9 Å². The molecule has 0 aliphatic rings. The SMILES string of the molecule is Oc1ccccc1Cc1nc2c(F)cccc2[nH]1. The van der Waals surface area contributed by atoms with Gasteiger partial charge in [-0.05, 0) is 18.2 Å². The van der Waals surface area contributed by atoms with E-state index in [4.69, 9.17) is 0 Å². The van der Waals surface area contributed by atoms with Crippen LogP contribution in [-0.2, 0) is 6.42 Å². The fraction of sp³-hybridized carbons (Fsp3) is 0.0714. The Kier molecular flexibility index (Phi) is 2.48. The molecule has 0 saturated carbocycles. The van der Waals surface area contributed by atoms with E-state index in [1.54, 1.807) is 24.3 Å². The van der Waals surface area contributed by atoms with E-state index < -0.39 is 0 Å². The van der Waals surface area contributed by atoms with E-state index in [9.17, 15) is 9.50 Å². The highest BCUT2D eigenvalue weighted by Crippen LogP contribution is 2.21. The number of nitrogens with zero attached hydrogens (tertiary/aromatic N) is 1. The molecule has 3 rings (SSSR count). The summed E-state index contributed by atoms with van der Waals surface area (Å²) in [5.74, 6) is 0.516. The van der Waals surface area contributed by atoms with Crippen LogP contribution in [0.4, 0.5) is 4.39 Å². The molecule has 0 amide bonds. The molecule has 90 valence electrons. The van der Waals surface area contributed by atoms with Gasteiger partial charge in [0.2, 0.25) is 0 Å². The average Bonchev–Trinajstić information content (AvgIpc) is 2.76. The number of imidazole rings is 1. The zero-order chi connectivity index (χ0) is 12.5. The molecule has 4 heteroatoms. The molecule has 1 heterocycles. The molecule has 0 bridgehead atoms. The third-order valence-electron chi connectivity index (χ3n) is 2.86. The number of fused-ring (bicyclic) bond motifs is 1. The van der Waals surface area contributed by atoms with Gasteiger partial charge in [0.15, 0.2) is 5.82 Å². The van der Waals surface area contributed by atoms with Crippen molar-refractivity contribution in [2.24, 2.45) is 0 Å². The molecule has 3 nitrogen and oxygen atoms in total. The second-order valence-corrected chi connectivity index (χ2v) is 4.12. The first-order valence-electron chi connectivity index (χ1n) is 5.64. The van der Waals surface area contributed by atoms with Crippen molar-refractivity contribution in [1.82, 2.24) is 9.97 Å². The van der Waals surface area contributed by atoms with Crippen LogP contribution in [0.5, 0.6) is 5.75 Å². The minimum Gasteiger partial charge on any atom is -0.508 e. The van der Waals surface area contributed by atoms with Crippen molar-refractivity contribution in [3.05, 3.63) is 59.7 Å². The number of hydrogen-bond acceptors (Lipinski definition) is 2. The summed E-state index contributed by atoms with van der Waals surface area (Å²) in [6, 6.07) is 11.8. The van der Waals surface area contributed by atoms with E-state index in [1.165, 1.54) is 6.07 Å². The highest BCUT2D eigenvalue weighted by molar-refractivity contribution is 5.75. The van der Waals surface area contributed by atoms with Gasteiger partial charge < -0.3 is 10.1 Å². The number of aromatic nitrogens is 2. The molecular formula is C14H11FN2O. The van der Waals surface area contributed by atoms with E-state index in [0.717, 1.165) is 5.56 Å². The van der Waals surface area contributed by atoms with Crippen LogP contribution in [0.1, 0.15) is 11.4 Å². The van der Waals surface area contributed by atoms with Crippen LogP contribution in [0.15, 0.2) is 42.5 Å². The average molecular weight is 242 g/mol. The minimum absolute atomic E-state index is 0.221. The number of halogens is 1. The van der Waals surface area contributed by atoms with Gasteiger partial charge in [0, 0.05) is 12.0 Å². The summed E-state index contributed by atoms with van der Waals surface area (Å²) in [5, 5.41) is 9.69. The lowest BCUT2D eigenvalue weighted by Gasteiger charge is -2.00. The first-order valence-corrected chi connectivity index (χ1v) is 5.64. The van der Waals surface area contributed by atoms with E-state index >= 15 is 0 Å². The molecule has 0 aliphatic heterocycles. The first-order chi connectivity index (χ1) is 8.74. The molecular weight excluding hydrogens is 231 g/mol. The normalized spacial score (nSPS) is 10.9. The quantitative estimate of drug-likeness (QED) is 0.725. The molecule has 18 heavy (non-hydrogen) atoms. The van der Waals surface area contributed by atoms with Crippen molar-refractivity contribution in [2.45, 2.75) is 6.42 Å². The van der Waals surface area contributed by atoms with Gasteiger partial charge in [-0.15, -0.1) is 0 Å². The number of H-pyrrole nitrogens is 1. The molecule has 0 atom stereocenters. The van der Waals surface area contributed by atoms with Gasteiger partial charge in [-0.1, -0.05) is 24.3 Å². The molecule has 3 aromatic rings. The predicted octanol–water partition coefficient (Wildman–Crippen LogP) is 3.00. The summed E-state index contributed by atoms with van der Waals surface area (Å²) in [4.78, 5) is 7.26. The lowest BCUT2D eigenvalue weighted by Crippen LogP contribution is -1.90. The van der Waals surface area contributed by atoms with Gasteiger partial charge in [0.25, 0.3) is 0 Å². The van der Waals surface area contributed by atoms with E-state index in [1.807, 2.05) is 12.1 Å². The largest absolute Gasteiger partial charge is 0.508 e. The molecule has 2 N–H and O–H groups in total. The van der Waals surface area contributed by atoms with E-state index in [0.29, 0.717) is 23.3 Å². The summed E-state index contributed by atoms with van der Waals surface area (Å²) in [5.41, 5.74) is 1.76. The van der Waals surface area contributed by atoms with Crippen molar-refractivity contribution in [1.29, 1.82) is 0 Å². The molecule has 0 fully saturated rings. The fourth-order valence-electron chi connectivity index (χ4n) is 1.97. The Morgan fingerprint density at radius 1 is 1.11 bits per heavy atom. The number of phenolic OH excluding ortho intramolecular Hbond substituents is 1. The van der Waals surface area contributed by atoms with E-state index in [-0.39, 0.29) is 11.6 Å². The lowest BCUT2D eigenvalue weighted by atomic mass is 10.1. The molecule has 2 aromatic carbocycles. The highest BCUT2D eigenvalue weighted by Gasteiger charge is 2.08. The van der Waals surface area contributed by atoms with Crippen molar-refractivity contribution in [3.8, 4) is 5.75 Å². The second kappa shape index (κ2) is 4.14.